The van der Waals surface area contributed by atoms with Crippen molar-refractivity contribution in [1.82, 2.24) is 4.90 Å². The summed E-state index contributed by atoms with van der Waals surface area (Å²) in [6.45, 7) is 1.72. The first-order valence-electron chi connectivity index (χ1n) is 8.66. The fourth-order valence-corrected chi connectivity index (χ4v) is 3.75. The molecule has 2 atom stereocenters. The van der Waals surface area contributed by atoms with Gasteiger partial charge in [-0.2, -0.15) is 0 Å². The van der Waals surface area contributed by atoms with Gasteiger partial charge in [-0.05, 0) is 48.7 Å². The lowest BCUT2D eigenvalue weighted by Gasteiger charge is -2.27. The van der Waals surface area contributed by atoms with Gasteiger partial charge in [0, 0.05) is 11.0 Å². The molecule has 27 heavy (non-hydrogen) atoms. The van der Waals surface area contributed by atoms with E-state index >= 15 is 0 Å². The predicted octanol–water partition coefficient (Wildman–Crippen LogP) is 3.36. The van der Waals surface area contributed by atoms with E-state index in [0.29, 0.717) is 13.0 Å². The van der Waals surface area contributed by atoms with Crippen molar-refractivity contribution >= 4 is 33.4 Å². The molecule has 0 radical (unpaired) electrons. The van der Waals surface area contributed by atoms with Crippen molar-refractivity contribution in [3.05, 3.63) is 64.1 Å². The lowest BCUT2D eigenvalue weighted by atomic mass is 9.90. The van der Waals surface area contributed by atoms with Crippen molar-refractivity contribution in [2.45, 2.75) is 19.4 Å². The Bertz CT molecular complexity index is 878. The van der Waals surface area contributed by atoms with Crippen LogP contribution in [0.25, 0.3) is 0 Å². The molecular weight excluding hydrogens is 410 g/mol. The summed E-state index contributed by atoms with van der Waals surface area (Å²) in [7, 11) is 1.60. The van der Waals surface area contributed by atoms with Crippen molar-refractivity contribution in [2.75, 3.05) is 13.7 Å². The fourth-order valence-electron chi connectivity index (χ4n) is 3.48. The highest BCUT2D eigenvalue weighted by molar-refractivity contribution is 9.10. The Hall–Kier alpha value is -2.47. The van der Waals surface area contributed by atoms with Crippen molar-refractivity contribution in [2.24, 2.45) is 5.92 Å². The van der Waals surface area contributed by atoms with Crippen molar-refractivity contribution in [3.63, 3.8) is 0 Å². The Morgan fingerprint density at radius 2 is 1.85 bits per heavy atom. The van der Waals surface area contributed by atoms with Crippen LogP contribution in [-0.4, -0.2) is 36.0 Å². The second-order valence-corrected chi connectivity index (χ2v) is 7.46. The number of amides is 1. The highest BCUT2D eigenvalue weighted by Crippen LogP contribution is 2.37. The number of benzene rings is 2. The van der Waals surface area contributed by atoms with E-state index in [9.17, 15) is 14.4 Å². The van der Waals surface area contributed by atoms with Crippen LogP contribution in [0.5, 0.6) is 5.75 Å². The van der Waals surface area contributed by atoms with E-state index in [4.69, 9.17) is 4.74 Å². The van der Waals surface area contributed by atoms with E-state index in [2.05, 4.69) is 15.9 Å². The molecule has 0 aliphatic carbocycles. The first-order chi connectivity index (χ1) is 12.9. The number of carbonyl (C=O) groups excluding carboxylic acids is 3. The number of ketones is 2. The van der Waals surface area contributed by atoms with Crippen LogP contribution in [-0.2, 0) is 20.8 Å². The van der Waals surface area contributed by atoms with Gasteiger partial charge >= 0.3 is 0 Å². The van der Waals surface area contributed by atoms with E-state index in [-0.39, 0.29) is 5.78 Å². The van der Waals surface area contributed by atoms with Gasteiger partial charge in [0.15, 0.2) is 0 Å². The van der Waals surface area contributed by atoms with Gasteiger partial charge in [-0.15, -0.1) is 0 Å². The fraction of sp³-hybridized carbons (Fsp3) is 0.286. The van der Waals surface area contributed by atoms with Crippen LogP contribution >= 0.6 is 15.9 Å². The number of carbonyl (C=O) groups is 3. The minimum absolute atomic E-state index is 0.287. The lowest BCUT2D eigenvalue weighted by molar-refractivity contribution is -0.142. The lowest BCUT2D eigenvalue weighted by Crippen LogP contribution is -2.32. The average molecular weight is 430 g/mol. The van der Waals surface area contributed by atoms with Gasteiger partial charge in [0.1, 0.15) is 17.5 Å². The van der Waals surface area contributed by atoms with E-state index in [0.717, 1.165) is 21.3 Å². The first-order valence-corrected chi connectivity index (χ1v) is 9.45. The summed E-state index contributed by atoms with van der Waals surface area (Å²) in [6, 6.07) is 14.4. The summed E-state index contributed by atoms with van der Waals surface area (Å²) in [4.78, 5) is 38.7. The molecule has 0 N–H and O–H groups in total. The molecule has 0 spiro atoms. The standard InChI is InChI=1S/C21H20BrNO4/c1-13(24)18-19(15-6-8-16(22)9-7-15)23(21(26)20(18)25)11-10-14-4-3-5-17(12-14)27-2/h3-9,12,18-19H,10-11H2,1-2H3. The van der Waals surface area contributed by atoms with Gasteiger partial charge in [0.2, 0.25) is 5.78 Å². The second kappa shape index (κ2) is 8.05. The molecule has 0 saturated carbocycles. The maximum absolute atomic E-state index is 12.6. The highest BCUT2D eigenvalue weighted by Gasteiger charge is 2.49. The molecule has 0 aromatic heterocycles. The molecule has 2 aromatic rings. The Morgan fingerprint density at radius 1 is 1.15 bits per heavy atom. The molecule has 1 heterocycles. The van der Waals surface area contributed by atoms with E-state index in [1.807, 2.05) is 48.5 Å². The van der Waals surface area contributed by atoms with Gasteiger partial charge in [0.25, 0.3) is 5.91 Å². The summed E-state index contributed by atoms with van der Waals surface area (Å²) >= 11 is 3.39. The minimum Gasteiger partial charge on any atom is -0.497 e. The SMILES string of the molecule is COc1cccc(CCN2C(=O)C(=O)C(C(C)=O)C2c2ccc(Br)cc2)c1. The molecule has 1 saturated heterocycles. The molecule has 1 aliphatic heterocycles. The molecule has 2 unspecified atom stereocenters. The Balaban J connectivity index is 1.90. The average Bonchev–Trinajstić information content (AvgIpc) is 2.92. The highest BCUT2D eigenvalue weighted by atomic mass is 79.9. The molecular formula is C21H20BrNO4. The third kappa shape index (κ3) is 3.95. The van der Waals surface area contributed by atoms with Crippen molar-refractivity contribution < 1.29 is 19.1 Å². The van der Waals surface area contributed by atoms with Crippen LogP contribution in [0.15, 0.2) is 53.0 Å². The van der Waals surface area contributed by atoms with Gasteiger partial charge < -0.3 is 9.64 Å². The molecule has 5 nitrogen and oxygen atoms in total. The monoisotopic (exact) mass is 429 g/mol. The molecule has 1 fully saturated rings. The van der Waals surface area contributed by atoms with Gasteiger partial charge in [-0.3, -0.25) is 14.4 Å². The van der Waals surface area contributed by atoms with Crippen molar-refractivity contribution in [1.29, 1.82) is 0 Å². The molecule has 140 valence electrons. The molecule has 1 amide bonds. The first kappa shape index (κ1) is 19.3. The van der Waals surface area contributed by atoms with E-state index in [1.54, 1.807) is 7.11 Å². The number of hydrogen-bond donors (Lipinski definition) is 0. The Kier molecular flexibility index (Phi) is 5.75. The van der Waals surface area contributed by atoms with Gasteiger partial charge in [-0.25, -0.2) is 0 Å². The zero-order valence-electron chi connectivity index (χ0n) is 15.1. The smallest absolute Gasteiger partial charge is 0.291 e. The molecule has 1 aliphatic rings. The third-order valence-corrected chi connectivity index (χ3v) is 5.36. The van der Waals surface area contributed by atoms with Crippen LogP contribution in [0.4, 0.5) is 0 Å². The number of halogens is 1. The molecule has 6 heteroatoms. The normalized spacial score (nSPS) is 19.4. The number of likely N-dealkylation sites (tertiary alicyclic amines) is 1. The maximum Gasteiger partial charge on any atom is 0.291 e. The van der Waals surface area contributed by atoms with Crippen LogP contribution < -0.4 is 4.74 Å². The van der Waals surface area contributed by atoms with Crippen LogP contribution in [0.1, 0.15) is 24.1 Å². The second-order valence-electron chi connectivity index (χ2n) is 6.55. The molecule has 3 rings (SSSR count). The van der Waals surface area contributed by atoms with Crippen LogP contribution in [0, 0.1) is 5.92 Å². The minimum atomic E-state index is -0.955. The summed E-state index contributed by atoms with van der Waals surface area (Å²) in [5.41, 5.74) is 1.78. The summed E-state index contributed by atoms with van der Waals surface area (Å²) in [5.74, 6) is -1.72. The number of rotatable bonds is 6. The van der Waals surface area contributed by atoms with Crippen molar-refractivity contribution in [3.8, 4) is 5.75 Å². The number of ether oxygens (including phenoxy) is 1. The topological polar surface area (TPSA) is 63.7 Å². The number of nitrogens with zero attached hydrogens (tertiary/aromatic N) is 1. The predicted molar refractivity (Wildman–Crippen MR) is 104 cm³/mol. The summed E-state index contributed by atoms with van der Waals surface area (Å²) in [5, 5.41) is 0. The summed E-state index contributed by atoms with van der Waals surface area (Å²) < 4.78 is 6.12. The van der Waals surface area contributed by atoms with Crippen LogP contribution in [0.2, 0.25) is 0 Å². The quantitative estimate of drug-likeness (QED) is 0.521. The zero-order chi connectivity index (χ0) is 19.6. The Morgan fingerprint density at radius 3 is 2.48 bits per heavy atom. The maximum atomic E-state index is 12.6. The largest absolute Gasteiger partial charge is 0.497 e. The molecule has 0 bridgehead atoms. The Labute approximate surface area is 166 Å². The van der Waals surface area contributed by atoms with E-state index < -0.39 is 23.7 Å². The zero-order valence-corrected chi connectivity index (χ0v) is 16.7. The van der Waals surface area contributed by atoms with Gasteiger partial charge in [0.05, 0.1) is 13.2 Å². The molecule has 2 aromatic carbocycles. The van der Waals surface area contributed by atoms with Gasteiger partial charge in [-0.1, -0.05) is 40.2 Å². The van der Waals surface area contributed by atoms with Crippen LogP contribution in [0.3, 0.4) is 0 Å². The third-order valence-electron chi connectivity index (χ3n) is 4.83. The number of Topliss-reactive ketones (excluding diaryl/α,β-unsaturated/α-hetero) is 2. The number of methoxy groups -OCH3 is 1. The summed E-state index contributed by atoms with van der Waals surface area (Å²) in [6.07, 6.45) is 0.563. The van der Waals surface area contributed by atoms with E-state index in [1.165, 1.54) is 11.8 Å². The number of hydrogen-bond acceptors (Lipinski definition) is 4.